The lowest BCUT2D eigenvalue weighted by Gasteiger charge is -2.11. The number of nitrogens with two attached hydrogens (primary N) is 1. The zero-order valence-corrected chi connectivity index (χ0v) is 11.4. The van der Waals surface area contributed by atoms with Crippen LogP contribution in [0.4, 0.5) is 13.2 Å². The maximum absolute atomic E-state index is 12.5. The summed E-state index contributed by atoms with van der Waals surface area (Å²) in [5.74, 6) is -0.512. The van der Waals surface area contributed by atoms with Gasteiger partial charge in [0.1, 0.15) is 0 Å². The molecule has 2 N–H and O–H groups in total. The van der Waals surface area contributed by atoms with Crippen LogP contribution in [0.15, 0.2) is 42.5 Å². The van der Waals surface area contributed by atoms with Gasteiger partial charge in [-0.05, 0) is 48.2 Å². The smallest absolute Gasteiger partial charge is 0.366 e. The van der Waals surface area contributed by atoms with Crippen molar-refractivity contribution in [1.29, 1.82) is 0 Å². The second-order valence-corrected chi connectivity index (χ2v) is 4.83. The molecule has 5 heteroatoms. The maximum atomic E-state index is 12.5. The van der Waals surface area contributed by atoms with Crippen molar-refractivity contribution in [2.75, 3.05) is 0 Å². The molecule has 0 aromatic heterocycles. The molecule has 21 heavy (non-hydrogen) atoms. The third-order valence-corrected chi connectivity index (χ3v) is 3.39. The van der Waals surface area contributed by atoms with Crippen LogP contribution >= 0.6 is 0 Å². The van der Waals surface area contributed by atoms with E-state index < -0.39 is 17.6 Å². The van der Waals surface area contributed by atoms with Gasteiger partial charge in [0.25, 0.3) is 0 Å². The fourth-order valence-corrected chi connectivity index (χ4v) is 2.17. The number of hydrogen-bond acceptors (Lipinski definition) is 1. The lowest BCUT2D eigenvalue weighted by molar-refractivity contribution is -0.137. The van der Waals surface area contributed by atoms with Crippen molar-refractivity contribution in [3.05, 3.63) is 70.3 Å². The van der Waals surface area contributed by atoms with E-state index >= 15 is 0 Å². The van der Waals surface area contributed by atoms with Gasteiger partial charge in [0.15, 0.2) is 0 Å². The Labute approximate surface area is 120 Å². The average molecular weight is 293 g/mol. The SMILES string of the molecule is Cc1c(Cc2ccc(C(F)(F)F)cc2)cccc1C(N)=O. The largest absolute Gasteiger partial charge is 0.416 e. The van der Waals surface area contributed by atoms with Gasteiger partial charge >= 0.3 is 6.18 Å². The van der Waals surface area contributed by atoms with Crippen molar-refractivity contribution in [3.8, 4) is 0 Å². The van der Waals surface area contributed by atoms with E-state index in [1.807, 2.05) is 6.07 Å². The van der Waals surface area contributed by atoms with Crippen molar-refractivity contribution in [1.82, 2.24) is 0 Å². The molecule has 2 nitrogen and oxygen atoms in total. The minimum Gasteiger partial charge on any atom is -0.366 e. The van der Waals surface area contributed by atoms with Crippen LogP contribution in [0, 0.1) is 6.92 Å². The van der Waals surface area contributed by atoms with Crippen molar-refractivity contribution < 1.29 is 18.0 Å². The summed E-state index contributed by atoms with van der Waals surface area (Å²) in [5.41, 5.74) is 7.40. The van der Waals surface area contributed by atoms with Crippen LogP contribution in [-0.2, 0) is 12.6 Å². The first kappa shape index (κ1) is 15.1. The minimum absolute atomic E-state index is 0.430. The first-order valence-electron chi connectivity index (χ1n) is 6.33. The number of rotatable bonds is 3. The summed E-state index contributed by atoms with van der Waals surface area (Å²) in [6.45, 7) is 1.78. The summed E-state index contributed by atoms with van der Waals surface area (Å²) < 4.78 is 37.5. The molecule has 0 bridgehead atoms. The van der Waals surface area contributed by atoms with Gasteiger partial charge in [0, 0.05) is 5.56 Å². The first-order valence-corrected chi connectivity index (χ1v) is 6.33. The van der Waals surface area contributed by atoms with E-state index in [0.29, 0.717) is 12.0 Å². The summed E-state index contributed by atoms with van der Waals surface area (Å²) in [5, 5.41) is 0. The van der Waals surface area contributed by atoms with Crippen molar-refractivity contribution >= 4 is 5.91 Å². The van der Waals surface area contributed by atoms with Crippen LogP contribution in [0.3, 0.4) is 0 Å². The summed E-state index contributed by atoms with van der Waals surface area (Å²) in [7, 11) is 0. The van der Waals surface area contributed by atoms with Gasteiger partial charge in [0.05, 0.1) is 5.56 Å². The Morgan fingerprint density at radius 2 is 1.71 bits per heavy atom. The molecule has 1 amide bonds. The molecular weight excluding hydrogens is 279 g/mol. The Morgan fingerprint density at radius 1 is 1.10 bits per heavy atom. The summed E-state index contributed by atoms with van der Waals surface area (Å²) in [6, 6.07) is 10.2. The topological polar surface area (TPSA) is 43.1 Å². The van der Waals surface area contributed by atoms with Crippen LogP contribution in [0.1, 0.15) is 32.6 Å². The lowest BCUT2D eigenvalue weighted by atomic mass is 9.96. The van der Waals surface area contributed by atoms with E-state index in [1.54, 1.807) is 19.1 Å². The first-order chi connectivity index (χ1) is 9.79. The van der Waals surface area contributed by atoms with Crippen LogP contribution in [-0.4, -0.2) is 5.91 Å². The van der Waals surface area contributed by atoms with Crippen LogP contribution in [0.5, 0.6) is 0 Å². The molecule has 0 unspecified atom stereocenters. The van der Waals surface area contributed by atoms with Gasteiger partial charge in [-0.15, -0.1) is 0 Å². The van der Waals surface area contributed by atoms with Gasteiger partial charge in [-0.3, -0.25) is 4.79 Å². The summed E-state index contributed by atoms with van der Waals surface area (Å²) >= 11 is 0. The number of benzene rings is 2. The molecule has 0 fully saturated rings. The second-order valence-electron chi connectivity index (χ2n) is 4.83. The number of primary amides is 1. The number of carbonyl (C=O) groups excluding carboxylic acids is 1. The third kappa shape index (κ3) is 3.42. The molecule has 0 saturated carbocycles. The Hall–Kier alpha value is -2.30. The minimum atomic E-state index is -4.33. The molecule has 2 rings (SSSR count). The van der Waals surface area contributed by atoms with E-state index in [2.05, 4.69) is 0 Å². The zero-order valence-electron chi connectivity index (χ0n) is 11.4. The van der Waals surface area contributed by atoms with Gasteiger partial charge in [-0.25, -0.2) is 0 Å². The molecule has 110 valence electrons. The van der Waals surface area contributed by atoms with Crippen molar-refractivity contribution in [2.45, 2.75) is 19.5 Å². The molecule has 0 spiro atoms. The Balaban J connectivity index is 2.27. The van der Waals surface area contributed by atoms with Crippen LogP contribution in [0.2, 0.25) is 0 Å². The molecular formula is C16H14F3NO. The summed E-state index contributed by atoms with van der Waals surface area (Å²) in [4.78, 5) is 11.3. The quantitative estimate of drug-likeness (QED) is 0.921. The normalized spacial score (nSPS) is 11.4. The Kier molecular flexibility index (Phi) is 4.02. The fourth-order valence-electron chi connectivity index (χ4n) is 2.17. The fraction of sp³-hybridized carbons (Fsp3) is 0.188. The molecule has 0 radical (unpaired) electrons. The number of amides is 1. The van der Waals surface area contributed by atoms with Crippen molar-refractivity contribution in [3.63, 3.8) is 0 Å². The monoisotopic (exact) mass is 293 g/mol. The Morgan fingerprint density at radius 3 is 2.24 bits per heavy atom. The van der Waals surface area contributed by atoms with Gasteiger partial charge in [-0.1, -0.05) is 24.3 Å². The highest BCUT2D eigenvalue weighted by Gasteiger charge is 2.29. The van der Waals surface area contributed by atoms with E-state index in [1.165, 1.54) is 12.1 Å². The number of halogens is 3. The molecule has 0 aliphatic carbocycles. The maximum Gasteiger partial charge on any atom is 0.416 e. The predicted octanol–water partition coefficient (Wildman–Crippen LogP) is 3.70. The highest BCUT2D eigenvalue weighted by molar-refractivity contribution is 5.94. The highest BCUT2D eigenvalue weighted by atomic mass is 19.4. The zero-order chi connectivity index (χ0) is 15.6. The number of carbonyl (C=O) groups is 1. The molecule has 0 aliphatic heterocycles. The predicted molar refractivity (Wildman–Crippen MR) is 73.9 cm³/mol. The molecule has 0 heterocycles. The average Bonchev–Trinajstić information content (AvgIpc) is 2.40. The molecule has 2 aromatic rings. The van der Waals surface area contributed by atoms with Gasteiger partial charge in [-0.2, -0.15) is 13.2 Å². The molecule has 0 atom stereocenters. The van der Waals surface area contributed by atoms with E-state index in [-0.39, 0.29) is 0 Å². The highest BCUT2D eigenvalue weighted by Crippen LogP contribution is 2.29. The lowest BCUT2D eigenvalue weighted by Crippen LogP contribution is -2.13. The second kappa shape index (κ2) is 5.60. The number of alkyl halides is 3. The van der Waals surface area contributed by atoms with E-state index in [9.17, 15) is 18.0 Å². The molecule has 2 aromatic carbocycles. The third-order valence-electron chi connectivity index (χ3n) is 3.39. The molecule has 0 saturated heterocycles. The summed E-state index contributed by atoms with van der Waals surface area (Å²) in [6.07, 6.45) is -3.88. The van der Waals surface area contributed by atoms with E-state index in [0.717, 1.165) is 28.8 Å². The molecule has 0 aliphatic rings. The van der Waals surface area contributed by atoms with Gasteiger partial charge < -0.3 is 5.73 Å². The van der Waals surface area contributed by atoms with Crippen LogP contribution in [0.25, 0.3) is 0 Å². The van der Waals surface area contributed by atoms with Crippen LogP contribution < -0.4 is 5.73 Å². The Bertz CT molecular complexity index is 660. The standard InChI is InChI=1S/C16H14F3NO/c1-10-12(3-2-4-14(10)15(20)21)9-11-5-7-13(8-6-11)16(17,18)19/h2-8H,9H2,1H3,(H2,20,21). The van der Waals surface area contributed by atoms with Gasteiger partial charge in [0.2, 0.25) is 5.91 Å². The number of hydrogen-bond donors (Lipinski definition) is 1. The van der Waals surface area contributed by atoms with Crippen molar-refractivity contribution in [2.24, 2.45) is 5.73 Å². The van der Waals surface area contributed by atoms with E-state index in [4.69, 9.17) is 5.73 Å².